The highest BCUT2D eigenvalue weighted by Crippen LogP contribution is 2.19. The van der Waals surface area contributed by atoms with Crippen LogP contribution >= 0.6 is 35.3 Å². The maximum Gasteiger partial charge on any atom is 0.239 e. The zero-order valence-electron chi connectivity index (χ0n) is 15.8. The number of rotatable bonds is 8. The molecule has 1 amide bonds. The first-order valence-corrected chi connectivity index (χ1v) is 9.38. The fraction of sp³-hybridized carbons (Fsp3) is 0.368. The maximum absolute atomic E-state index is 12.0. The van der Waals surface area contributed by atoms with Gasteiger partial charge in [-0.25, -0.2) is 0 Å². The summed E-state index contributed by atoms with van der Waals surface area (Å²) in [6, 6.07) is 11.8. The van der Waals surface area contributed by atoms with Crippen molar-refractivity contribution in [2.24, 2.45) is 4.99 Å². The average Bonchev–Trinajstić information content (AvgIpc) is 3.21. The quantitative estimate of drug-likeness (QED) is 0.295. The Labute approximate surface area is 181 Å². The van der Waals surface area contributed by atoms with Crippen LogP contribution in [-0.2, 0) is 11.3 Å². The van der Waals surface area contributed by atoms with Gasteiger partial charge in [0.05, 0.1) is 13.7 Å². The number of methoxy groups -OCH3 is 1. The summed E-state index contributed by atoms with van der Waals surface area (Å²) in [5, 5.41) is 11.2. The van der Waals surface area contributed by atoms with Gasteiger partial charge in [-0.1, -0.05) is 25.1 Å². The lowest BCUT2D eigenvalue weighted by molar-refractivity contribution is -0.120. The Hall–Kier alpha value is -1.81. The lowest BCUT2D eigenvalue weighted by Crippen LogP contribution is -2.43. The van der Waals surface area contributed by atoms with Crippen LogP contribution in [0, 0.1) is 0 Å². The molecule has 2 aromatic rings. The Kier molecular flexibility index (Phi) is 10.8. The van der Waals surface area contributed by atoms with E-state index in [-0.39, 0.29) is 36.4 Å². The van der Waals surface area contributed by atoms with Crippen LogP contribution in [0.2, 0.25) is 0 Å². The van der Waals surface area contributed by atoms with Gasteiger partial charge < -0.3 is 20.7 Å². The summed E-state index contributed by atoms with van der Waals surface area (Å²) in [5.41, 5.74) is 1.02. The lowest BCUT2D eigenvalue weighted by atomic mass is 10.1. The van der Waals surface area contributed by atoms with Crippen LogP contribution in [0.4, 0.5) is 0 Å². The number of thiophene rings is 1. The highest BCUT2D eigenvalue weighted by Gasteiger charge is 2.08. The van der Waals surface area contributed by atoms with E-state index < -0.39 is 0 Å². The summed E-state index contributed by atoms with van der Waals surface area (Å²) >= 11 is 1.74. The molecule has 2 rings (SSSR count). The van der Waals surface area contributed by atoms with Crippen molar-refractivity contribution in [3.63, 3.8) is 0 Å². The van der Waals surface area contributed by atoms with Gasteiger partial charge in [-0.2, -0.15) is 0 Å². The van der Waals surface area contributed by atoms with Gasteiger partial charge >= 0.3 is 0 Å². The molecule has 0 spiro atoms. The summed E-state index contributed by atoms with van der Waals surface area (Å²) in [6.07, 6.45) is 0. The first-order valence-electron chi connectivity index (χ1n) is 8.50. The maximum atomic E-state index is 12.0. The first kappa shape index (κ1) is 23.2. The molecule has 0 saturated carbocycles. The molecule has 1 heterocycles. The number of carbonyl (C=O) groups excluding carboxylic acids is 1. The minimum atomic E-state index is -0.0879. The Bertz CT molecular complexity index is 705. The third-order valence-electron chi connectivity index (χ3n) is 3.89. The highest BCUT2D eigenvalue weighted by molar-refractivity contribution is 14.0. The Morgan fingerprint density at radius 3 is 2.52 bits per heavy atom. The van der Waals surface area contributed by atoms with E-state index in [1.54, 1.807) is 25.5 Å². The third-order valence-corrected chi connectivity index (χ3v) is 5.00. The van der Waals surface area contributed by atoms with Crippen molar-refractivity contribution in [1.29, 1.82) is 0 Å². The predicted octanol–water partition coefficient (Wildman–Crippen LogP) is 2.96. The number of hydrogen-bond acceptors (Lipinski definition) is 4. The van der Waals surface area contributed by atoms with Crippen LogP contribution < -0.4 is 20.7 Å². The van der Waals surface area contributed by atoms with Crippen LogP contribution in [0.1, 0.15) is 23.3 Å². The van der Waals surface area contributed by atoms with Crippen LogP contribution in [0.25, 0.3) is 0 Å². The van der Waals surface area contributed by atoms with E-state index >= 15 is 0 Å². The van der Waals surface area contributed by atoms with Crippen molar-refractivity contribution in [3.05, 3.63) is 52.2 Å². The monoisotopic (exact) mass is 502 g/mol. The molecule has 6 nitrogen and oxygen atoms in total. The second kappa shape index (κ2) is 12.6. The lowest BCUT2D eigenvalue weighted by Gasteiger charge is -2.15. The van der Waals surface area contributed by atoms with Crippen LogP contribution in [-0.4, -0.2) is 39.1 Å². The van der Waals surface area contributed by atoms with Gasteiger partial charge in [-0.05, 0) is 29.1 Å². The number of amides is 1. The SMILES string of the molecule is CN=C(NCC(=O)NCc1ccc(OC)cc1)NCC(C)c1cccs1.I. The molecular formula is C19H27IN4O2S. The minimum absolute atomic E-state index is 0. The summed E-state index contributed by atoms with van der Waals surface area (Å²) in [6.45, 7) is 3.57. The number of hydrogen-bond donors (Lipinski definition) is 3. The van der Waals surface area contributed by atoms with Gasteiger partial charge in [0.1, 0.15) is 5.75 Å². The molecule has 0 fully saturated rings. The molecule has 1 unspecified atom stereocenters. The van der Waals surface area contributed by atoms with Crippen molar-refractivity contribution < 1.29 is 9.53 Å². The van der Waals surface area contributed by atoms with Crippen LogP contribution in [0.5, 0.6) is 5.75 Å². The van der Waals surface area contributed by atoms with E-state index in [1.165, 1.54) is 4.88 Å². The van der Waals surface area contributed by atoms with E-state index in [9.17, 15) is 4.79 Å². The third kappa shape index (κ3) is 8.17. The summed E-state index contributed by atoms with van der Waals surface area (Å²) < 4.78 is 5.12. The molecule has 148 valence electrons. The Morgan fingerprint density at radius 2 is 1.93 bits per heavy atom. The number of nitrogens with zero attached hydrogens (tertiary/aromatic N) is 1. The van der Waals surface area contributed by atoms with E-state index in [4.69, 9.17) is 4.74 Å². The Balaban J connectivity index is 0.00000364. The van der Waals surface area contributed by atoms with Crippen molar-refractivity contribution in [1.82, 2.24) is 16.0 Å². The normalized spacial score (nSPS) is 11.9. The zero-order valence-corrected chi connectivity index (χ0v) is 19.0. The summed E-state index contributed by atoms with van der Waals surface area (Å²) in [7, 11) is 3.32. The first-order chi connectivity index (χ1) is 12.6. The molecule has 27 heavy (non-hydrogen) atoms. The molecular weight excluding hydrogens is 475 g/mol. The number of ether oxygens (including phenoxy) is 1. The topological polar surface area (TPSA) is 74.8 Å². The molecule has 0 saturated heterocycles. The fourth-order valence-electron chi connectivity index (χ4n) is 2.31. The van der Waals surface area contributed by atoms with Crippen molar-refractivity contribution in [2.75, 3.05) is 27.2 Å². The number of nitrogens with one attached hydrogen (secondary N) is 3. The van der Waals surface area contributed by atoms with E-state index in [0.717, 1.165) is 17.9 Å². The van der Waals surface area contributed by atoms with E-state index in [0.29, 0.717) is 18.4 Å². The van der Waals surface area contributed by atoms with Gasteiger partial charge in [-0.15, -0.1) is 35.3 Å². The van der Waals surface area contributed by atoms with Crippen molar-refractivity contribution >= 4 is 47.2 Å². The second-order valence-electron chi connectivity index (χ2n) is 5.85. The molecule has 0 radical (unpaired) electrons. The molecule has 3 N–H and O–H groups in total. The fourth-order valence-corrected chi connectivity index (χ4v) is 3.10. The molecule has 1 aromatic carbocycles. The van der Waals surface area contributed by atoms with Gasteiger partial charge in [0.2, 0.25) is 5.91 Å². The van der Waals surface area contributed by atoms with E-state index in [2.05, 4.69) is 45.4 Å². The Morgan fingerprint density at radius 1 is 1.19 bits per heavy atom. The number of guanidine groups is 1. The van der Waals surface area contributed by atoms with Gasteiger partial charge in [0.15, 0.2) is 5.96 Å². The van der Waals surface area contributed by atoms with Crippen LogP contribution in [0.3, 0.4) is 0 Å². The molecule has 8 heteroatoms. The minimum Gasteiger partial charge on any atom is -0.497 e. The van der Waals surface area contributed by atoms with Crippen LogP contribution in [0.15, 0.2) is 46.8 Å². The van der Waals surface area contributed by atoms with Gasteiger partial charge in [0.25, 0.3) is 0 Å². The standard InChI is InChI=1S/C19H26N4O2S.HI/c1-14(17-5-4-10-26-17)11-22-19(20-2)23-13-18(24)21-12-15-6-8-16(25-3)9-7-15;/h4-10,14H,11-13H2,1-3H3,(H,21,24)(H2,20,22,23);1H. The highest BCUT2D eigenvalue weighted by atomic mass is 127. The zero-order chi connectivity index (χ0) is 18.8. The number of carbonyl (C=O) groups is 1. The molecule has 0 bridgehead atoms. The molecule has 0 aliphatic heterocycles. The number of benzene rings is 1. The summed E-state index contributed by atoms with van der Waals surface area (Å²) in [5.74, 6) is 1.72. The molecule has 1 aromatic heterocycles. The molecule has 0 aliphatic rings. The summed E-state index contributed by atoms with van der Waals surface area (Å²) in [4.78, 5) is 17.5. The molecule has 1 atom stereocenters. The molecule has 0 aliphatic carbocycles. The van der Waals surface area contributed by atoms with Gasteiger partial charge in [-0.3, -0.25) is 9.79 Å². The largest absolute Gasteiger partial charge is 0.497 e. The smallest absolute Gasteiger partial charge is 0.239 e. The van der Waals surface area contributed by atoms with Crippen molar-refractivity contribution in [2.45, 2.75) is 19.4 Å². The number of halogens is 1. The van der Waals surface area contributed by atoms with E-state index in [1.807, 2.05) is 24.3 Å². The second-order valence-corrected chi connectivity index (χ2v) is 6.83. The average molecular weight is 502 g/mol. The predicted molar refractivity (Wildman–Crippen MR) is 122 cm³/mol. The van der Waals surface area contributed by atoms with Gasteiger partial charge in [0, 0.05) is 30.9 Å². The van der Waals surface area contributed by atoms with Crippen molar-refractivity contribution in [3.8, 4) is 5.75 Å². The number of aliphatic imine (C=N–C) groups is 1.